The number of anilines is 2. The van der Waals surface area contributed by atoms with E-state index in [-0.39, 0.29) is 34.7 Å². The molecule has 7 unspecified atom stereocenters. The van der Waals surface area contributed by atoms with Crippen molar-refractivity contribution in [3.63, 3.8) is 0 Å². The summed E-state index contributed by atoms with van der Waals surface area (Å²) in [6.45, 7) is 4.89. The first-order valence-electron chi connectivity index (χ1n) is 19.9. The van der Waals surface area contributed by atoms with Crippen LogP contribution in [0.4, 0.5) is 11.4 Å². The Morgan fingerprint density at radius 3 is 1.96 bits per heavy atom. The van der Waals surface area contributed by atoms with Crippen molar-refractivity contribution in [2.24, 2.45) is 29.6 Å². The van der Waals surface area contributed by atoms with E-state index in [1.807, 2.05) is 0 Å². The summed E-state index contributed by atoms with van der Waals surface area (Å²) < 4.78 is 6.69. The second kappa shape index (κ2) is 11.0. The second-order valence-electron chi connectivity index (χ2n) is 17.1. The molecule has 0 amide bonds. The second-order valence-corrected chi connectivity index (χ2v) is 17.1. The average Bonchev–Trinajstić information content (AvgIpc) is 3.90. The van der Waals surface area contributed by atoms with Gasteiger partial charge >= 0.3 is 0 Å². The molecule has 12 rings (SSSR count). The molecule has 8 aliphatic rings. The Balaban J connectivity index is 1.06. The van der Waals surface area contributed by atoms with Gasteiger partial charge in [-0.2, -0.15) is 0 Å². The van der Waals surface area contributed by atoms with Gasteiger partial charge in [0.1, 0.15) is 11.9 Å². The van der Waals surface area contributed by atoms with Crippen molar-refractivity contribution in [1.82, 2.24) is 0 Å². The Morgan fingerprint density at radius 1 is 0.537 bits per heavy atom. The first-order chi connectivity index (χ1) is 26.5. The van der Waals surface area contributed by atoms with E-state index in [0.717, 1.165) is 11.4 Å². The highest BCUT2D eigenvalue weighted by atomic mass is 16.5. The van der Waals surface area contributed by atoms with Gasteiger partial charge in [-0.1, -0.05) is 153 Å². The molecule has 0 N–H and O–H groups in total. The molecule has 7 aliphatic carbocycles. The number of ether oxygens (including phenoxy) is 1. The summed E-state index contributed by atoms with van der Waals surface area (Å²) in [5.74, 6) is 3.28. The normalized spacial score (nSPS) is 30.8. The molecule has 2 nitrogen and oxygen atoms in total. The van der Waals surface area contributed by atoms with Crippen molar-refractivity contribution in [3.05, 3.63) is 210 Å². The lowest BCUT2D eigenvalue weighted by atomic mass is 9.63. The highest BCUT2D eigenvalue weighted by Gasteiger charge is 2.64. The SMILES string of the molecule is CC1(C)c2cc(N(C3=CC=CC4C3C3C=CC=C[C@@H]3C43c4ccccc4-c4ccccc43)c3ccc4c(c3)OC3C=CC=CC43)ccc2C2C=CC=CC21. The zero-order chi connectivity index (χ0) is 35.8. The fraction of sp³-hybridized carbons (Fsp3) is 0.231. The smallest absolute Gasteiger partial charge is 0.128 e. The summed E-state index contributed by atoms with van der Waals surface area (Å²) in [5, 5.41) is 0. The van der Waals surface area contributed by atoms with Crippen molar-refractivity contribution < 1.29 is 4.74 Å². The third kappa shape index (κ3) is 3.86. The summed E-state index contributed by atoms with van der Waals surface area (Å²) in [6, 6.07) is 32.9. The van der Waals surface area contributed by atoms with Crippen LogP contribution in [0.2, 0.25) is 0 Å². The third-order valence-corrected chi connectivity index (χ3v) is 14.5. The minimum absolute atomic E-state index is 0.0123. The Morgan fingerprint density at radius 2 is 1.17 bits per heavy atom. The zero-order valence-corrected chi connectivity index (χ0v) is 30.7. The van der Waals surface area contributed by atoms with E-state index in [2.05, 4.69) is 195 Å². The fourth-order valence-corrected chi connectivity index (χ4v) is 12.4. The molecule has 8 atom stereocenters. The molecule has 262 valence electrons. The van der Waals surface area contributed by atoms with Crippen LogP contribution in [0.5, 0.6) is 5.75 Å². The van der Waals surface area contributed by atoms with Crippen LogP contribution in [0.25, 0.3) is 11.1 Å². The van der Waals surface area contributed by atoms with Gasteiger partial charge in [-0.3, -0.25) is 0 Å². The third-order valence-electron chi connectivity index (χ3n) is 14.5. The largest absolute Gasteiger partial charge is 0.485 e. The minimum Gasteiger partial charge on any atom is -0.485 e. The molecule has 0 radical (unpaired) electrons. The van der Waals surface area contributed by atoms with Gasteiger partial charge in [0.05, 0.1) is 0 Å². The monoisotopic (exact) mass is 697 g/mol. The van der Waals surface area contributed by atoms with Gasteiger partial charge in [0, 0.05) is 57.8 Å². The molecule has 0 aromatic heterocycles. The fourth-order valence-electron chi connectivity index (χ4n) is 12.4. The minimum atomic E-state index is -0.171. The van der Waals surface area contributed by atoms with Gasteiger partial charge in [0.15, 0.2) is 0 Å². The lowest BCUT2D eigenvalue weighted by Crippen LogP contribution is -2.38. The maximum atomic E-state index is 6.69. The number of fused-ring (bicyclic) bond motifs is 16. The summed E-state index contributed by atoms with van der Waals surface area (Å²) in [7, 11) is 0. The van der Waals surface area contributed by atoms with Crippen LogP contribution in [-0.2, 0) is 10.8 Å². The van der Waals surface area contributed by atoms with Crippen LogP contribution in [0.3, 0.4) is 0 Å². The highest BCUT2D eigenvalue weighted by molar-refractivity contribution is 5.83. The molecule has 4 aromatic rings. The van der Waals surface area contributed by atoms with E-state index in [4.69, 9.17) is 4.74 Å². The van der Waals surface area contributed by atoms with Gasteiger partial charge in [-0.05, 0) is 86.9 Å². The summed E-state index contributed by atoms with van der Waals surface area (Å²) in [6.07, 6.45) is 35.1. The number of benzene rings is 4. The van der Waals surface area contributed by atoms with E-state index < -0.39 is 0 Å². The quantitative estimate of drug-likeness (QED) is 0.211. The van der Waals surface area contributed by atoms with Crippen molar-refractivity contribution in [1.29, 1.82) is 0 Å². The maximum Gasteiger partial charge on any atom is 0.128 e. The Kier molecular flexibility index (Phi) is 6.27. The van der Waals surface area contributed by atoms with Gasteiger partial charge in [-0.15, -0.1) is 0 Å². The summed E-state index contributed by atoms with van der Waals surface area (Å²) in [5.41, 5.74) is 13.5. The van der Waals surface area contributed by atoms with Crippen LogP contribution in [0, 0.1) is 29.6 Å². The molecule has 2 heteroatoms. The number of hydrogen-bond donors (Lipinski definition) is 0. The lowest BCUT2D eigenvalue weighted by Gasteiger charge is -2.41. The zero-order valence-electron chi connectivity index (χ0n) is 30.7. The van der Waals surface area contributed by atoms with Crippen LogP contribution < -0.4 is 9.64 Å². The molecule has 1 aliphatic heterocycles. The van der Waals surface area contributed by atoms with Crippen molar-refractivity contribution in [3.8, 4) is 16.9 Å². The van der Waals surface area contributed by atoms with Crippen LogP contribution >= 0.6 is 0 Å². The van der Waals surface area contributed by atoms with Gasteiger partial charge in [0.2, 0.25) is 0 Å². The van der Waals surface area contributed by atoms with E-state index in [1.165, 1.54) is 50.3 Å². The first kappa shape index (κ1) is 30.8. The predicted molar refractivity (Wildman–Crippen MR) is 220 cm³/mol. The first-order valence-corrected chi connectivity index (χ1v) is 19.9. The maximum absolute atomic E-state index is 6.69. The molecule has 0 saturated heterocycles. The Hall–Kier alpha value is -5.60. The highest BCUT2D eigenvalue weighted by Crippen LogP contribution is 2.69. The van der Waals surface area contributed by atoms with Crippen molar-refractivity contribution in [2.75, 3.05) is 4.90 Å². The average molecular weight is 698 g/mol. The lowest BCUT2D eigenvalue weighted by molar-refractivity contribution is 0.269. The van der Waals surface area contributed by atoms with E-state index in [1.54, 1.807) is 0 Å². The molecule has 0 bridgehead atoms. The van der Waals surface area contributed by atoms with Crippen molar-refractivity contribution >= 4 is 11.4 Å². The van der Waals surface area contributed by atoms with Crippen molar-refractivity contribution in [2.45, 2.75) is 42.6 Å². The van der Waals surface area contributed by atoms with Crippen LogP contribution in [0.15, 0.2) is 182 Å². The molecule has 1 fully saturated rings. The molecule has 1 saturated carbocycles. The standard InChI is InChI=1S/C52H43NO/c1-51(2)41-19-8-3-14-34(41)37-28-26-32(30-46(37)51)53(33-27-29-39-38-17-7-12-25-48(38)54-49(39)31-33)47-24-13-23-45-50(47)40-18-6-11-22-44(40)52(45)42-20-9-4-15-35(42)36-16-5-10-21-43(36)52/h3-31,34,38,40-41,44-45,48,50H,1-2H3/t34?,38?,40?,41?,44-,45?,48?,50?/m0/s1. The van der Waals surface area contributed by atoms with Gasteiger partial charge < -0.3 is 9.64 Å². The summed E-state index contributed by atoms with van der Waals surface area (Å²) >= 11 is 0. The Bertz CT molecular complexity index is 2490. The molecule has 4 aromatic carbocycles. The van der Waals surface area contributed by atoms with Crippen LogP contribution in [0.1, 0.15) is 53.5 Å². The number of nitrogens with zero attached hydrogens (tertiary/aromatic N) is 1. The molecular weight excluding hydrogens is 655 g/mol. The van der Waals surface area contributed by atoms with E-state index in [9.17, 15) is 0 Å². The Labute approximate surface area is 318 Å². The van der Waals surface area contributed by atoms with Gasteiger partial charge in [0.25, 0.3) is 0 Å². The number of rotatable bonds is 3. The molecule has 1 spiro atoms. The molecular formula is C52H43NO. The topological polar surface area (TPSA) is 12.5 Å². The number of allylic oxidation sites excluding steroid dienone is 14. The van der Waals surface area contributed by atoms with Crippen LogP contribution in [-0.4, -0.2) is 6.10 Å². The number of hydrogen-bond acceptors (Lipinski definition) is 2. The molecule has 1 heterocycles. The molecule has 54 heavy (non-hydrogen) atoms. The predicted octanol–water partition coefficient (Wildman–Crippen LogP) is 11.9. The van der Waals surface area contributed by atoms with E-state index >= 15 is 0 Å². The van der Waals surface area contributed by atoms with E-state index in [0.29, 0.717) is 23.7 Å². The van der Waals surface area contributed by atoms with Gasteiger partial charge in [-0.25, -0.2) is 0 Å². The summed E-state index contributed by atoms with van der Waals surface area (Å²) in [4.78, 5) is 2.61.